The number of benzene rings is 1. The zero-order valence-corrected chi connectivity index (χ0v) is 10.7. The zero-order chi connectivity index (χ0) is 12.1. The maximum absolute atomic E-state index is 12.6. The fourth-order valence-corrected chi connectivity index (χ4v) is 1.08. The van der Waals surface area contributed by atoms with E-state index in [0.717, 1.165) is 5.06 Å². The van der Waals surface area contributed by atoms with Crippen LogP contribution < -0.4 is 0 Å². The summed E-state index contributed by atoms with van der Waals surface area (Å²) in [4.78, 5) is 15.7. The van der Waals surface area contributed by atoms with E-state index in [1.807, 2.05) is 0 Å². The number of amides is 1. The monoisotopic (exact) mass is 276 g/mol. The molecule has 4 nitrogen and oxygen atoms in total. The van der Waals surface area contributed by atoms with E-state index in [0.29, 0.717) is 5.56 Å². The van der Waals surface area contributed by atoms with Crippen molar-refractivity contribution in [2.45, 2.75) is 13.5 Å². The van der Waals surface area contributed by atoms with Gasteiger partial charge in [-0.15, -0.1) is 5.06 Å². The van der Waals surface area contributed by atoms with Crippen molar-refractivity contribution in [3.63, 3.8) is 0 Å². The van der Waals surface area contributed by atoms with Gasteiger partial charge < -0.3 is 9.94 Å². The van der Waals surface area contributed by atoms with Crippen LogP contribution in [0.25, 0.3) is 0 Å². The van der Waals surface area contributed by atoms with E-state index in [2.05, 4.69) is 6.58 Å². The molecule has 0 fully saturated rings. The van der Waals surface area contributed by atoms with E-state index >= 15 is 0 Å². The Bertz CT molecular complexity index is 394. The van der Waals surface area contributed by atoms with Gasteiger partial charge in [0, 0.05) is 18.6 Å². The molecule has 6 heteroatoms. The van der Waals surface area contributed by atoms with Crippen LogP contribution in [0.2, 0.25) is 0 Å². The molecule has 0 atom stereocenters. The Kier molecular flexibility index (Phi) is 6.39. The number of hydrogen-bond acceptors (Lipinski definition) is 2. The normalized spacial score (nSPS) is 9.06. The molecule has 1 N–H and O–H groups in total. The summed E-state index contributed by atoms with van der Waals surface area (Å²) in [6.45, 7) is 5.00. The Hall–Kier alpha value is -1.46. The molecule has 0 heterocycles. The predicted molar refractivity (Wildman–Crippen MR) is 55.9 cm³/mol. The SMILES string of the molecule is C=C(C)ON(Cc1ccc(F)cc1)C(=O)O.[V]. The minimum Gasteiger partial charge on any atom is -0.463 e. The standard InChI is InChI=1S/C11H12FNO3.V/c1-8(2)16-13(11(14)15)7-9-3-5-10(12)6-4-9;/h3-6H,1,7H2,2H3,(H,14,15);. The predicted octanol–water partition coefficient (Wildman–Crippen LogP) is 2.77. The Labute approximate surface area is 111 Å². The molecule has 0 aliphatic carbocycles. The van der Waals surface area contributed by atoms with Crippen molar-refractivity contribution in [2.75, 3.05) is 0 Å². The maximum atomic E-state index is 12.6. The molecule has 0 saturated heterocycles. The molecule has 0 unspecified atom stereocenters. The minimum atomic E-state index is -1.23. The number of carboxylic acid groups (broad SMARTS) is 1. The van der Waals surface area contributed by atoms with Crippen LogP contribution >= 0.6 is 0 Å². The molecule has 1 radical (unpaired) electrons. The van der Waals surface area contributed by atoms with E-state index in [9.17, 15) is 9.18 Å². The molecule has 0 aliphatic rings. The van der Waals surface area contributed by atoms with E-state index in [4.69, 9.17) is 9.94 Å². The molecule has 0 saturated carbocycles. The van der Waals surface area contributed by atoms with Gasteiger partial charge in [0.2, 0.25) is 0 Å². The van der Waals surface area contributed by atoms with Crippen molar-refractivity contribution in [3.8, 4) is 0 Å². The van der Waals surface area contributed by atoms with Crippen molar-refractivity contribution < 1.29 is 37.7 Å². The van der Waals surface area contributed by atoms with Gasteiger partial charge in [0.1, 0.15) is 11.6 Å². The molecular weight excluding hydrogens is 264 g/mol. The molecule has 91 valence electrons. The van der Waals surface area contributed by atoms with Crippen LogP contribution in [-0.4, -0.2) is 16.3 Å². The van der Waals surface area contributed by atoms with Gasteiger partial charge in [0.05, 0.1) is 6.54 Å². The summed E-state index contributed by atoms with van der Waals surface area (Å²) in [5.74, 6) is -0.101. The number of allylic oxidation sites excluding steroid dienone is 1. The number of halogens is 1. The van der Waals surface area contributed by atoms with Gasteiger partial charge in [-0.25, -0.2) is 9.18 Å². The average Bonchev–Trinajstić information content (AvgIpc) is 2.19. The molecule has 1 aromatic rings. The van der Waals surface area contributed by atoms with Crippen LogP contribution in [0.3, 0.4) is 0 Å². The summed E-state index contributed by atoms with van der Waals surface area (Å²) < 4.78 is 12.6. The van der Waals surface area contributed by atoms with Crippen LogP contribution in [0, 0.1) is 5.82 Å². The summed E-state index contributed by atoms with van der Waals surface area (Å²) in [7, 11) is 0. The third kappa shape index (κ3) is 5.42. The molecule has 17 heavy (non-hydrogen) atoms. The fourth-order valence-electron chi connectivity index (χ4n) is 1.08. The van der Waals surface area contributed by atoms with Crippen molar-refractivity contribution in [3.05, 3.63) is 48.0 Å². The third-order valence-electron chi connectivity index (χ3n) is 1.72. The quantitative estimate of drug-likeness (QED) is 0.679. The summed E-state index contributed by atoms with van der Waals surface area (Å²) >= 11 is 0. The van der Waals surface area contributed by atoms with Gasteiger partial charge in [-0.05, 0) is 24.6 Å². The van der Waals surface area contributed by atoms with Gasteiger partial charge in [-0.2, -0.15) is 0 Å². The number of hydroxylamine groups is 2. The van der Waals surface area contributed by atoms with Crippen LogP contribution in [0.5, 0.6) is 0 Å². The second kappa shape index (κ2) is 6.99. The molecule has 1 aromatic carbocycles. The van der Waals surface area contributed by atoms with Gasteiger partial charge in [0.15, 0.2) is 0 Å². The van der Waals surface area contributed by atoms with Crippen LogP contribution in [0.1, 0.15) is 12.5 Å². The first-order valence-corrected chi connectivity index (χ1v) is 4.57. The van der Waals surface area contributed by atoms with Gasteiger partial charge in [-0.1, -0.05) is 18.7 Å². The largest absolute Gasteiger partial charge is 0.463 e. The fraction of sp³-hybridized carbons (Fsp3) is 0.182. The minimum absolute atomic E-state index is 0. The second-order valence-corrected chi connectivity index (χ2v) is 3.24. The van der Waals surface area contributed by atoms with Crippen molar-refractivity contribution >= 4 is 6.09 Å². The average molecular weight is 276 g/mol. The van der Waals surface area contributed by atoms with E-state index in [1.165, 1.54) is 24.3 Å². The summed E-state index contributed by atoms with van der Waals surface area (Å²) in [5, 5.41) is 9.56. The van der Waals surface area contributed by atoms with Crippen LogP contribution in [0.4, 0.5) is 9.18 Å². The number of rotatable bonds is 4. The van der Waals surface area contributed by atoms with E-state index in [1.54, 1.807) is 6.92 Å². The number of nitrogens with zero attached hydrogens (tertiary/aromatic N) is 1. The molecule has 0 aliphatic heterocycles. The molecule has 1 amide bonds. The molecular formula is C11H12FNO3V. The second-order valence-electron chi connectivity index (χ2n) is 3.24. The zero-order valence-electron chi connectivity index (χ0n) is 9.26. The number of hydrogen-bond donors (Lipinski definition) is 1. The van der Waals surface area contributed by atoms with Crippen LogP contribution in [0.15, 0.2) is 36.6 Å². The molecule has 0 spiro atoms. The molecule has 0 aromatic heterocycles. The van der Waals surface area contributed by atoms with Crippen molar-refractivity contribution in [1.82, 2.24) is 5.06 Å². The van der Waals surface area contributed by atoms with Gasteiger partial charge in [0.25, 0.3) is 0 Å². The first-order chi connectivity index (χ1) is 7.49. The Morgan fingerprint density at radius 3 is 2.41 bits per heavy atom. The Balaban J connectivity index is 0.00000256. The summed E-state index contributed by atoms with van der Waals surface area (Å²) in [6, 6.07) is 5.51. The summed E-state index contributed by atoms with van der Waals surface area (Å²) in [5.41, 5.74) is 0.630. The number of carbonyl (C=O) groups is 1. The van der Waals surface area contributed by atoms with Crippen molar-refractivity contribution in [1.29, 1.82) is 0 Å². The van der Waals surface area contributed by atoms with E-state index in [-0.39, 0.29) is 36.7 Å². The van der Waals surface area contributed by atoms with Gasteiger partial charge in [-0.3, -0.25) is 0 Å². The Morgan fingerprint density at radius 2 is 2.00 bits per heavy atom. The first-order valence-electron chi connectivity index (χ1n) is 4.57. The van der Waals surface area contributed by atoms with Crippen molar-refractivity contribution in [2.24, 2.45) is 0 Å². The van der Waals surface area contributed by atoms with Crippen LogP contribution in [-0.2, 0) is 29.9 Å². The maximum Gasteiger partial charge on any atom is 0.441 e. The molecule has 1 rings (SSSR count). The smallest absolute Gasteiger partial charge is 0.441 e. The summed E-state index contributed by atoms with van der Waals surface area (Å²) in [6.07, 6.45) is -1.23. The van der Waals surface area contributed by atoms with E-state index < -0.39 is 6.09 Å². The third-order valence-corrected chi connectivity index (χ3v) is 1.72. The topological polar surface area (TPSA) is 49.8 Å². The van der Waals surface area contributed by atoms with Gasteiger partial charge >= 0.3 is 6.09 Å². The first kappa shape index (κ1) is 15.5. The molecule has 0 bridgehead atoms. The Morgan fingerprint density at radius 1 is 1.47 bits per heavy atom.